The molecule has 1 aromatic carbocycles. The fraction of sp³-hybridized carbons (Fsp3) is 0.400. The SMILES string of the molecule is COc1ccc(OC(C)C)c(S(=O)(=O)Cl)c1. The maximum Gasteiger partial charge on any atom is 0.265 e. The Morgan fingerprint density at radius 3 is 2.38 bits per heavy atom. The minimum absolute atomic E-state index is 0.0813. The van der Waals surface area contributed by atoms with Crippen LogP contribution in [-0.4, -0.2) is 21.6 Å². The molecule has 4 nitrogen and oxygen atoms in total. The molecule has 0 fully saturated rings. The Bertz CT molecular complexity index is 468. The highest BCUT2D eigenvalue weighted by Gasteiger charge is 2.18. The van der Waals surface area contributed by atoms with Crippen LogP contribution in [0.1, 0.15) is 13.8 Å². The zero-order valence-electron chi connectivity index (χ0n) is 9.23. The first-order valence-corrected chi connectivity index (χ1v) is 6.95. The second-order valence-electron chi connectivity index (χ2n) is 3.42. The molecule has 1 aromatic rings. The van der Waals surface area contributed by atoms with E-state index in [1.807, 2.05) is 0 Å². The molecule has 1 rings (SSSR count). The summed E-state index contributed by atoms with van der Waals surface area (Å²) in [6.07, 6.45) is -0.134. The Balaban J connectivity index is 3.28. The van der Waals surface area contributed by atoms with Crippen molar-refractivity contribution in [2.45, 2.75) is 24.8 Å². The van der Waals surface area contributed by atoms with E-state index < -0.39 is 9.05 Å². The number of hydrogen-bond donors (Lipinski definition) is 0. The van der Waals surface area contributed by atoms with Gasteiger partial charge in [-0.1, -0.05) is 0 Å². The Hall–Kier alpha value is -0.940. The van der Waals surface area contributed by atoms with Crippen LogP contribution in [0.3, 0.4) is 0 Å². The van der Waals surface area contributed by atoms with Gasteiger partial charge >= 0.3 is 0 Å². The number of rotatable bonds is 4. The number of hydrogen-bond acceptors (Lipinski definition) is 4. The normalized spacial score (nSPS) is 11.6. The predicted molar refractivity (Wildman–Crippen MR) is 61.8 cm³/mol. The lowest BCUT2D eigenvalue weighted by atomic mass is 10.3. The standard InChI is InChI=1S/C10H13ClO4S/c1-7(2)15-9-5-4-8(14-3)6-10(9)16(11,12)13/h4-7H,1-3H3. The summed E-state index contributed by atoms with van der Waals surface area (Å²) in [5.74, 6) is 0.640. The summed E-state index contributed by atoms with van der Waals surface area (Å²) in [7, 11) is 2.92. The van der Waals surface area contributed by atoms with Gasteiger partial charge < -0.3 is 9.47 Å². The molecule has 0 spiro atoms. The van der Waals surface area contributed by atoms with E-state index in [0.29, 0.717) is 5.75 Å². The Kier molecular flexibility index (Phi) is 4.04. The summed E-state index contributed by atoms with van der Waals surface area (Å²) in [6, 6.07) is 4.47. The third kappa shape index (κ3) is 3.28. The molecule has 0 unspecified atom stereocenters. The molecule has 0 bridgehead atoms. The molecule has 0 aliphatic carbocycles. The highest BCUT2D eigenvalue weighted by atomic mass is 35.7. The van der Waals surface area contributed by atoms with Gasteiger partial charge in [0.2, 0.25) is 0 Å². The molecule has 0 aromatic heterocycles. The molecule has 0 N–H and O–H groups in total. The second kappa shape index (κ2) is 4.93. The van der Waals surface area contributed by atoms with Crippen LogP contribution in [0.25, 0.3) is 0 Å². The molecule has 0 aliphatic rings. The first-order valence-electron chi connectivity index (χ1n) is 4.64. The smallest absolute Gasteiger partial charge is 0.265 e. The quantitative estimate of drug-likeness (QED) is 0.784. The molecular formula is C10H13ClO4S. The second-order valence-corrected chi connectivity index (χ2v) is 5.95. The van der Waals surface area contributed by atoms with E-state index >= 15 is 0 Å². The molecule has 0 aliphatic heterocycles. The van der Waals surface area contributed by atoms with Crippen LogP contribution < -0.4 is 9.47 Å². The van der Waals surface area contributed by atoms with E-state index in [1.54, 1.807) is 19.9 Å². The van der Waals surface area contributed by atoms with E-state index in [-0.39, 0.29) is 16.7 Å². The molecule has 0 saturated heterocycles. The van der Waals surface area contributed by atoms with Gasteiger partial charge in [0.05, 0.1) is 13.2 Å². The largest absolute Gasteiger partial charge is 0.497 e. The summed E-state index contributed by atoms with van der Waals surface area (Å²) in [5.41, 5.74) is 0. The van der Waals surface area contributed by atoms with Crippen LogP contribution in [0, 0.1) is 0 Å². The highest BCUT2D eigenvalue weighted by molar-refractivity contribution is 8.13. The van der Waals surface area contributed by atoms with Crippen molar-refractivity contribution in [2.75, 3.05) is 7.11 Å². The topological polar surface area (TPSA) is 52.6 Å². The van der Waals surface area contributed by atoms with Crippen molar-refractivity contribution >= 4 is 19.7 Å². The van der Waals surface area contributed by atoms with E-state index in [4.69, 9.17) is 20.2 Å². The van der Waals surface area contributed by atoms with Gasteiger partial charge in [0, 0.05) is 16.7 Å². The fourth-order valence-electron chi connectivity index (χ4n) is 1.16. The van der Waals surface area contributed by atoms with Crippen LogP contribution in [-0.2, 0) is 9.05 Å². The van der Waals surface area contributed by atoms with Crippen LogP contribution in [0.5, 0.6) is 11.5 Å². The van der Waals surface area contributed by atoms with Gasteiger partial charge in [-0.15, -0.1) is 0 Å². The molecule has 0 heterocycles. The van der Waals surface area contributed by atoms with Gasteiger partial charge in [-0.25, -0.2) is 8.42 Å². The molecule has 0 atom stereocenters. The van der Waals surface area contributed by atoms with E-state index in [1.165, 1.54) is 19.2 Å². The number of ether oxygens (including phenoxy) is 2. The molecule has 6 heteroatoms. The zero-order chi connectivity index (χ0) is 12.3. The maximum atomic E-state index is 11.3. The molecule has 90 valence electrons. The zero-order valence-corrected chi connectivity index (χ0v) is 10.8. The first kappa shape index (κ1) is 13.1. The van der Waals surface area contributed by atoms with Crippen molar-refractivity contribution in [3.8, 4) is 11.5 Å². The fourth-order valence-corrected chi connectivity index (χ4v) is 2.13. The summed E-state index contributed by atoms with van der Waals surface area (Å²) in [5, 5.41) is 0. The van der Waals surface area contributed by atoms with Gasteiger partial charge in [-0.05, 0) is 26.0 Å². The average molecular weight is 265 g/mol. The van der Waals surface area contributed by atoms with Crippen molar-refractivity contribution in [2.24, 2.45) is 0 Å². The van der Waals surface area contributed by atoms with Crippen LogP contribution in [0.15, 0.2) is 23.1 Å². The van der Waals surface area contributed by atoms with Crippen molar-refractivity contribution < 1.29 is 17.9 Å². The summed E-state index contributed by atoms with van der Waals surface area (Å²) in [6.45, 7) is 3.60. The average Bonchev–Trinajstić information content (AvgIpc) is 2.15. The van der Waals surface area contributed by atoms with Gasteiger partial charge in [0.25, 0.3) is 9.05 Å². The van der Waals surface area contributed by atoms with Crippen molar-refractivity contribution in [1.29, 1.82) is 0 Å². The predicted octanol–water partition coefficient (Wildman–Crippen LogP) is 2.41. The maximum absolute atomic E-state index is 11.3. The van der Waals surface area contributed by atoms with Crippen LogP contribution >= 0.6 is 10.7 Å². The van der Waals surface area contributed by atoms with E-state index in [2.05, 4.69) is 0 Å². The van der Waals surface area contributed by atoms with E-state index in [0.717, 1.165) is 0 Å². The lowest BCUT2D eigenvalue weighted by Crippen LogP contribution is -2.08. The summed E-state index contributed by atoms with van der Waals surface area (Å²) >= 11 is 0. The Morgan fingerprint density at radius 1 is 1.31 bits per heavy atom. The van der Waals surface area contributed by atoms with Gasteiger partial charge in [-0.3, -0.25) is 0 Å². The van der Waals surface area contributed by atoms with Gasteiger partial charge in [0.15, 0.2) is 0 Å². The van der Waals surface area contributed by atoms with Crippen LogP contribution in [0.4, 0.5) is 0 Å². The van der Waals surface area contributed by atoms with Crippen molar-refractivity contribution in [1.82, 2.24) is 0 Å². The third-order valence-electron chi connectivity index (χ3n) is 1.78. The number of halogens is 1. The van der Waals surface area contributed by atoms with Gasteiger partial charge in [0.1, 0.15) is 16.4 Å². The lowest BCUT2D eigenvalue weighted by Gasteiger charge is -2.13. The summed E-state index contributed by atoms with van der Waals surface area (Å²) < 4.78 is 32.9. The monoisotopic (exact) mass is 264 g/mol. The van der Waals surface area contributed by atoms with Gasteiger partial charge in [-0.2, -0.15) is 0 Å². The molecule has 0 amide bonds. The Morgan fingerprint density at radius 2 is 1.94 bits per heavy atom. The molecular weight excluding hydrogens is 252 g/mol. The molecule has 0 saturated carbocycles. The van der Waals surface area contributed by atoms with Crippen LogP contribution in [0.2, 0.25) is 0 Å². The highest BCUT2D eigenvalue weighted by Crippen LogP contribution is 2.31. The van der Waals surface area contributed by atoms with Crippen molar-refractivity contribution in [3.63, 3.8) is 0 Å². The third-order valence-corrected chi connectivity index (χ3v) is 3.12. The lowest BCUT2D eigenvalue weighted by molar-refractivity contribution is 0.235. The number of methoxy groups -OCH3 is 1. The summed E-state index contributed by atoms with van der Waals surface area (Å²) in [4.78, 5) is -0.0813. The number of benzene rings is 1. The van der Waals surface area contributed by atoms with E-state index in [9.17, 15) is 8.42 Å². The molecule has 16 heavy (non-hydrogen) atoms. The Labute approximate surface area is 99.6 Å². The minimum Gasteiger partial charge on any atom is -0.497 e. The first-order chi connectivity index (χ1) is 7.34. The molecule has 0 radical (unpaired) electrons. The minimum atomic E-state index is -3.84. The van der Waals surface area contributed by atoms with Crippen molar-refractivity contribution in [3.05, 3.63) is 18.2 Å².